The largest absolute Gasteiger partial charge is 0.504 e. The van der Waals surface area contributed by atoms with Crippen LogP contribution in [0.2, 0.25) is 0 Å². The Morgan fingerprint density at radius 1 is 1.41 bits per heavy atom. The molecule has 17 heavy (non-hydrogen) atoms. The first kappa shape index (κ1) is 11.3. The van der Waals surface area contributed by atoms with Gasteiger partial charge in [0.25, 0.3) is 5.91 Å². The maximum absolute atomic E-state index is 11.3. The number of aromatic hydroxyl groups is 1. The fraction of sp³-hybridized carbons (Fsp3) is 0.273. The Balaban J connectivity index is 2.14. The molecule has 90 valence electrons. The topological polar surface area (TPSA) is 87.7 Å². The van der Waals surface area contributed by atoms with Crippen LogP contribution in [0.4, 0.5) is 4.79 Å². The van der Waals surface area contributed by atoms with Crippen LogP contribution >= 0.6 is 0 Å². The van der Waals surface area contributed by atoms with E-state index in [0.717, 1.165) is 5.56 Å². The number of phenols is 1. The molecule has 0 radical (unpaired) electrons. The quantitative estimate of drug-likeness (QED) is 0.652. The Hall–Kier alpha value is -2.24. The average molecular weight is 236 g/mol. The molecule has 0 spiro atoms. The Kier molecular flexibility index (Phi) is 2.86. The highest BCUT2D eigenvalue weighted by atomic mass is 16.5. The van der Waals surface area contributed by atoms with Gasteiger partial charge in [-0.3, -0.25) is 10.1 Å². The zero-order chi connectivity index (χ0) is 12.4. The molecule has 0 aliphatic carbocycles. The van der Waals surface area contributed by atoms with E-state index in [2.05, 4.69) is 10.6 Å². The minimum absolute atomic E-state index is 0.0381. The van der Waals surface area contributed by atoms with Crippen LogP contribution in [0.15, 0.2) is 18.2 Å². The highest BCUT2D eigenvalue weighted by Gasteiger charge is 2.29. The van der Waals surface area contributed by atoms with Gasteiger partial charge in [0, 0.05) is 6.42 Å². The smallest absolute Gasteiger partial charge is 0.322 e. The van der Waals surface area contributed by atoms with Crippen molar-refractivity contribution in [2.75, 3.05) is 7.11 Å². The lowest BCUT2D eigenvalue weighted by molar-refractivity contribution is -0.120. The van der Waals surface area contributed by atoms with Gasteiger partial charge >= 0.3 is 6.03 Å². The predicted molar refractivity (Wildman–Crippen MR) is 58.8 cm³/mol. The van der Waals surface area contributed by atoms with Crippen molar-refractivity contribution in [3.63, 3.8) is 0 Å². The van der Waals surface area contributed by atoms with Crippen LogP contribution in [0.5, 0.6) is 11.5 Å². The number of methoxy groups -OCH3 is 1. The molecular formula is C11H12N2O4. The number of imide groups is 1. The van der Waals surface area contributed by atoms with E-state index in [1.54, 1.807) is 12.1 Å². The van der Waals surface area contributed by atoms with E-state index in [0.29, 0.717) is 12.2 Å². The van der Waals surface area contributed by atoms with E-state index < -0.39 is 12.1 Å². The summed E-state index contributed by atoms with van der Waals surface area (Å²) >= 11 is 0. The molecule has 1 aromatic rings. The number of phenolic OH excluding ortho intramolecular Hbond substituents is 1. The molecule has 2 rings (SSSR count). The molecule has 6 nitrogen and oxygen atoms in total. The van der Waals surface area contributed by atoms with Gasteiger partial charge in [0.15, 0.2) is 11.5 Å². The zero-order valence-electron chi connectivity index (χ0n) is 9.19. The van der Waals surface area contributed by atoms with Crippen LogP contribution in [-0.4, -0.2) is 30.2 Å². The molecule has 1 saturated heterocycles. The summed E-state index contributed by atoms with van der Waals surface area (Å²) in [5.41, 5.74) is 0.794. The lowest BCUT2D eigenvalue weighted by Crippen LogP contribution is -2.31. The summed E-state index contributed by atoms with van der Waals surface area (Å²) in [6.45, 7) is 0. The third-order valence-corrected chi connectivity index (χ3v) is 2.54. The van der Waals surface area contributed by atoms with E-state index in [9.17, 15) is 14.7 Å². The van der Waals surface area contributed by atoms with Gasteiger partial charge in [0.2, 0.25) is 0 Å². The molecule has 1 aliphatic heterocycles. The molecule has 1 atom stereocenters. The normalized spacial score (nSPS) is 18.8. The summed E-state index contributed by atoms with van der Waals surface area (Å²) in [6.07, 6.45) is 0.355. The molecule has 1 aromatic carbocycles. The molecule has 1 fully saturated rings. The Morgan fingerprint density at radius 2 is 2.18 bits per heavy atom. The molecular weight excluding hydrogens is 224 g/mol. The fourth-order valence-electron chi connectivity index (χ4n) is 1.69. The molecule has 1 aliphatic rings. The Labute approximate surface area is 97.6 Å². The van der Waals surface area contributed by atoms with Crippen LogP contribution in [0.1, 0.15) is 5.56 Å². The van der Waals surface area contributed by atoms with Gasteiger partial charge < -0.3 is 15.2 Å². The van der Waals surface area contributed by atoms with Crippen molar-refractivity contribution in [2.45, 2.75) is 12.5 Å². The van der Waals surface area contributed by atoms with Crippen molar-refractivity contribution in [3.8, 4) is 11.5 Å². The summed E-state index contributed by atoms with van der Waals surface area (Å²) < 4.78 is 4.96. The van der Waals surface area contributed by atoms with Crippen LogP contribution in [0, 0.1) is 0 Å². The minimum Gasteiger partial charge on any atom is -0.504 e. The number of benzene rings is 1. The van der Waals surface area contributed by atoms with Gasteiger partial charge in [0.1, 0.15) is 6.04 Å². The van der Waals surface area contributed by atoms with E-state index >= 15 is 0 Å². The van der Waals surface area contributed by atoms with Gasteiger partial charge in [0.05, 0.1) is 7.11 Å². The monoisotopic (exact) mass is 236 g/mol. The Bertz CT molecular complexity index is 473. The second-order valence-electron chi connectivity index (χ2n) is 3.73. The summed E-state index contributed by atoms with van der Waals surface area (Å²) in [4.78, 5) is 22.3. The van der Waals surface area contributed by atoms with Crippen molar-refractivity contribution in [1.82, 2.24) is 10.6 Å². The minimum atomic E-state index is -0.572. The third kappa shape index (κ3) is 2.30. The summed E-state index contributed by atoms with van der Waals surface area (Å²) in [6, 6.07) is 3.74. The van der Waals surface area contributed by atoms with Gasteiger partial charge in [-0.2, -0.15) is 0 Å². The zero-order valence-corrected chi connectivity index (χ0v) is 9.19. The average Bonchev–Trinajstić information content (AvgIpc) is 2.60. The number of urea groups is 1. The Morgan fingerprint density at radius 3 is 2.76 bits per heavy atom. The van der Waals surface area contributed by atoms with Crippen molar-refractivity contribution in [3.05, 3.63) is 23.8 Å². The van der Waals surface area contributed by atoms with E-state index in [1.807, 2.05) is 0 Å². The molecule has 1 unspecified atom stereocenters. The first-order valence-corrected chi connectivity index (χ1v) is 5.07. The number of amides is 3. The summed E-state index contributed by atoms with van der Waals surface area (Å²) in [5.74, 6) is 0.0328. The molecule has 1 heterocycles. The number of rotatable bonds is 3. The number of carbonyl (C=O) groups excluding carboxylic acids is 2. The van der Waals surface area contributed by atoms with Gasteiger partial charge in [-0.1, -0.05) is 6.07 Å². The van der Waals surface area contributed by atoms with E-state index in [-0.39, 0.29) is 11.7 Å². The SMILES string of the molecule is COc1cc(CC2NC(=O)NC2=O)ccc1O. The number of ether oxygens (including phenoxy) is 1. The van der Waals surface area contributed by atoms with Gasteiger partial charge in [-0.15, -0.1) is 0 Å². The lowest BCUT2D eigenvalue weighted by atomic mass is 10.1. The van der Waals surface area contributed by atoms with Crippen molar-refractivity contribution in [2.24, 2.45) is 0 Å². The molecule has 6 heteroatoms. The number of carbonyl (C=O) groups is 2. The first-order chi connectivity index (χ1) is 8.10. The maximum Gasteiger partial charge on any atom is 0.322 e. The number of hydrogen-bond acceptors (Lipinski definition) is 4. The van der Waals surface area contributed by atoms with Gasteiger partial charge in [-0.25, -0.2) is 4.79 Å². The van der Waals surface area contributed by atoms with Crippen molar-refractivity contribution in [1.29, 1.82) is 0 Å². The number of nitrogens with one attached hydrogen (secondary N) is 2. The maximum atomic E-state index is 11.3. The lowest BCUT2D eigenvalue weighted by Gasteiger charge is -2.09. The molecule has 3 amide bonds. The van der Waals surface area contributed by atoms with Crippen molar-refractivity contribution >= 4 is 11.9 Å². The molecule has 0 bridgehead atoms. The third-order valence-electron chi connectivity index (χ3n) is 2.54. The molecule has 3 N–H and O–H groups in total. The second kappa shape index (κ2) is 4.32. The van der Waals surface area contributed by atoms with Crippen LogP contribution in [-0.2, 0) is 11.2 Å². The first-order valence-electron chi connectivity index (χ1n) is 5.07. The number of hydrogen-bond donors (Lipinski definition) is 3. The summed E-state index contributed by atoms with van der Waals surface area (Å²) in [7, 11) is 1.45. The van der Waals surface area contributed by atoms with Crippen LogP contribution < -0.4 is 15.4 Å². The highest BCUT2D eigenvalue weighted by molar-refractivity contribution is 6.04. The van der Waals surface area contributed by atoms with Crippen molar-refractivity contribution < 1.29 is 19.4 Å². The standard InChI is InChI=1S/C11H12N2O4/c1-17-9-5-6(2-3-8(9)14)4-7-10(15)13-11(16)12-7/h2-3,5,7,14H,4H2,1H3,(H2,12,13,15,16). The second-order valence-corrected chi connectivity index (χ2v) is 3.73. The summed E-state index contributed by atoms with van der Waals surface area (Å²) in [5, 5.41) is 14.1. The van der Waals surface area contributed by atoms with E-state index in [1.165, 1.54) is 13.2 Å². The highest BCUT2D eigenvalue weighted by Crippen LogP contribution is 2.26. The van der Waals surface area contributed by atoms with Crippen LogP contribution in [0.3, 0.4) is 0 Å². The molecule has 0 saturated carbocycles. The predicted octanol–water partition coefficient (Wildman–Crippen LogP) is 0.151. The van der Waals surface area contributed by atoms with Gasteiger partial charge in [-0.05, 0) is 17.7 Å². The van der Waals surface area contributed by atoms with E-state index in [4.69, 9.17) is 4.74 Å². The molecule has 0 aromatic heterocycles. The van der Waals surface area contributed by atoms with Crippen LogP contribution in [0.25, 0.3) is 0 Å². The fourth-order valence-corrected chi connectivity index (χ4v) is 1.69.